The van der Waals surface area contributed by atoms with Gasteiger partial charge in [-0.2, -0.15) is 0 Å². The molecule has 0 radical (unpaired) electrons. The maximum atomic E-state index is 14.5. The molecule has 2 saturated carbocycles. The fourth-order valence-electron chi connectivity index (χ4n) is 4.34. The molecule has 0 heterocycles. The van der Waals surface area contributed by atoms with Gasteiger partial charge in [0.15, 0.2) is 11.6 Å². The van der Waals surface area contributed by atoms with Crippen LogP contribution in [0.15, 0.2) is 6.07 Å². The van der Waals surface area contributed by atoms with Gasteiger partial charge in [-0.1, -0.05) is 23.2 Å². The summed E-state index contributed by atoms with van der Waals surface area (Å²) in [5, 5.41) is 22.8. The van der Waals surface area contributed by atoms with Gasteiger partial charge in [0, 0.05) is 17.7 Å². The molecule has 1 N–H and O–H groups in total. The van der Waals surface area contributed by atoms with E-state index in [1.165, 1.54) is 7.05 Å². The lowest BCUT2D eigenvalue weighted by Gasteiger charge is -2.46. The largest absolute Gasteiger partial charge is 0.785 e. The summed E-state index contributed by atoms with van der Waals surface area (Å²) in [6, 6.07) is 0.371. The van der Waals surface area contributed by atoms with E-state index in [1.807, 2.05) is 0 Å². The first-order valence-electron chi connectivity index (χ1n) is 7.12. The number of phenols is 1. The van der Waals surface area contributed by atoms with E-state index in [1.54, 1.807) is 0 Å². The third-order valence-electron chi connectivity index (χ3n) is 5.18. The molecule has 6 heteroatoms. The standard InChI is InChI=1S/C15H17Cl2FNO2/c1-19(21)14(15-4-2-8(7-15)3-5-15)11-12(17)9(16)6-10(20)13(11)18/h6,8,14,20H,2-5,7H2,1H3/q-1. The zero-order valence-electron chi connectivity index (χ0n) is 11.7. The fraction of sp³-hybridized carbons (Fsp3) is 0.600. The maximum Gasteiger partial charge on any atom is 0.171 e. The first kappa shape index (κ1) is 15.3. The summed E-state index contributed by atoms with van der Waals surface area (Å²) in [5.74, 6) is -0.779. The highest BCUT2D eigenvalue weighted by Gasteiger charge is 2.51. The Morgan fingerprint density at radius 3 is 2.52 bits per heavy atom. The van der Waals surface area contributed by atoms with Crippen molar-refractivity contribution in [3.63, 3.8) is 0 Å². The molecule has 2 bridgehead atoms. The van der Waals surface area contributed by atoms with Gasteiger partial charge in [0.05, 0.1) is 10.0 Å². The average Bonchev–Trinajstić information content (AvgIpc) is 3.02. The molecule has 0 spiro atoms. The number of phenolic OH excluding ortho intramolecular Hbond substituents is 1. The van der Waals surface area contributed by atoms with Crippen LogP contribution >= 0.6 is 23.2 Å². The van der Waals surface area contributed by atoms with Crippen LogP contribution in [0, 0.1) is 22.4 Å². The normalized spacial score (nSPS) is 29.3. The van der Waals surface area contributed by atoms with Crippen LogP contribution in [-0.2, 0) is 0 Å². The minimum atomic E-state index is -0.832. The Kier molecular flexibility index (Phi) is 3.85. The summed E-state index contributed by atoms with van der Waals surface area (Å²) in [7, 11) is 1.39. The van der Waals surface area contributed by atoms with Crippen LogP contribution in [0.4, 0.5) is 4.39 Å². The summed E-state index contributed by atoms with van der Waals surface area (Å²) in [4.78, 5) is 0. The van der Waals surface area contributed by atoms with Gasteiger partial charge in [-0.25, -0.2) is 4.39 Å². The number of aromatic hydroxyl groups is 1. The van der Waals surface area contributed by atoms with Crippen molar-refractivity contribution in [2.45, 2.75) is 38.1 Å². The number of hydrogen-bond donors (Lipinski definition) is 1. The Morgan fingerprint density at radius 2 is 2.05 bits per heavy atom. The van der Waals surface area contributed by atoms with E-state index in [-0.39, 0.29) is 21.0 Å². The molecule has 0 amide bonds. The van der Waals surface area contributed by atoms with Crippen LogP contribution in [0.2, 0.25) is 10.0 Å². The molecular formula is C15H17Cl2FNO2-. The van der Waals surface area contributed by atoms with Crippen molar-refractivity contribution >= 4 is 23.2 Å². The van der Waals surface area contributed by atoms with E-state index in [4.69, 9.17) is 23.2 Å². The number of halogens is 3. The van der Waals surface area contributed by atoms with Gasteiger partial charge in [-0.05, 0) is 50.5 Å². The fourth-order valence-corrected chi connectivity index (χ4v) is 4.79. The highest BCUT2D eigenvalue weighted by molar-refractivity contribution is 6.42. The average molecular weight is 333 g/mol. The van der Waals surface area contributed by atoms with E-state index < -0.39 is 17.6 Å². The molecule has 116 valence electrons. The summed E-state index contributed by atoms with van der Waals surface area (Å²) >= 11 is 12.1. The molecule has 0 saturated heterocycles. The SMILES string of the molecule is CN([O-])C(c1c(F)c(O)cc(Cl)c1Cl)C12CCC(CC1)C2. The second kappa shape index (κ2) is 5.27. The zero-order chi connectivity index (χ0) is 15.4. The summed E-state index contributed by atoms with van der Waals surface area (Å²) in [6.07, 6.45) is 4.81. The number of fused-ring (bicyclic) bond motifs is 2. The number of hydrogen-bond acceptors (Lipinski definition) is 3. The smallest absolute Gasteiger partial charge is 0.171 e. The summed E-state index contributed by atoms with van der Waals surface area (Å²) in [6.45, 7) is 0. The lowest BCUT2D eigenvalue weighted by atomic mass is 9.74. The van der Waals surface area contributed by atoms with E-state index in [0.29, 0.717) is 5.92 Å². The molecule has 1 aromatic carbocycles. The molecule has 3 nitrogen and oxygen atoms in total. The minimum absolute atomic E-state index is 0.0318. The number of hydroxylamine groups is 2. The van der Waals surface area contributed by atoms with Crippen molar-refractivity contribution in [3.05, 3.63) is 32.7 Å². The Balaban J connectivity index is 2.15. The molecule has 3 rings (SSSR count). The molecule has 1 aromatic rings. The van der Waals surface area contributed by atoms with Crippen LogP contribution in [-0.4, -0.2) is 17.2 Å². The molecular weight excluding hydrogens is 316 g/mol. The Labute approximate surface area is 133 Å². The Hall–Kier alpha value is -0.550. The minimum Gasteiger partial charge on any atom is -0.785 e. The third-order valence-corrected chi connectivity index (χ3v) is 5.99. The van der Waals surface area contributed by atoms with Gasteiger partial charge in [0.2, 0.25) is 0 Å². The van der Waals surface area contributed by atoms with Gasteiger partial charge in [-0.15, -0.1) is 0 Å². The van der Waals surface area contributed by atoms with E-state index in [0.717, 1.165) is 43.2 Å². The van der Waals surface area contributed by atoms with Gasteiger partial charge >= 0.3 is 0 Å². The van der Waals surface area contributed by atoms with Crippen molar-refractivity contribution in [2.75, 3.05) is 7.05 Å². The lowest BCUT2D eigenvalue weighted by Crippen LogP contribution is -2.35. The number of benzene rings is 1. The van der Waals surface area contributed by atoms with Crippen molar-refractivity contribution in [1.82, 2.24) is 5.06 Å². The second-order valence-electron chi connectivity index (χ2n) is 6.38. The van der Waals surface area contributed by atoms with E-state index in [9.17, 15) is 14.7 Å². The van der Waals surface area contributed by atoms with Crippen LogP contribution in [0.1, 0.15) is 43.7 Å². The quantitative estimate of drug-likeness (QED) is 0.633. The van der Waals surface area contributed by atoms with Crippen LogP contribution in [0.25, 0.3) is 0 Å². The molecule has 1 unspecified atom stereocenters. The molecule has 2 aliphatic carbocycles. The van der Waals surface area contributed by atoms with Crippen LogP contribution in [0.3, 0.4) is 0 Å². The predicted octanol–water partition coefficient (Wildman–Crippen LogP) is 4.89. The molecule has 2 fully saturated rings. The predicted molar refractivity (Wildman–Crippen MR) is 81.0 cm³/mol. The van der Waals surface area contributed by atoms with Crippen molar-refractivity contribution < 1.29 is 9.50 Å². The highest BCUT2D eigenvalue weighted by Crippen LogP contribution is 2.62. The topological polar surface area (TPSA) is 46.5 Å². The number of nitrogens with zero attached hydrogens (tertiary/aromatic N) is 1. The van der Waals surface area contributed by atoms with Gasteiger partial charge in [0.25, 0.3) is 0 Å². The second-order valence-corrected chi connectivity index (χ2v) is 7.16. The number of rotatable bonds is 3. The first-order chi connectivity index (χ1) is 9.85. The highest BCUT2D eigenvalue weighted by atomic mass is 35.5. The Bertz CT molecular complexity index is 545. The van der Waals surface area contributed by atoms with Gasteiger partial charge in [0.1, 0.15) is 0 Å². The van der Waals surface area contributed by atoms with Crippen molar-refractivity contribution in [3.8, 4) is 5.75 Å². The lowest BCUT2D eigenvalue weighted by molar-refractivity contribution is 0.119. The first-order valence-corrected chi connectivity index (χ1v) is 7.87. The van der Waals surface area contributed by atoms with Crippen molar-refractivity contribution in [2.24, 2.45) is 11.3 Å². The van der Waals surface area contributed by atoms with Gasteiger partial charge < -0.3 is 15.4 Å². The third kappa shape index (κ3) is 2.33. The monoisotopic (exact) mass is 332 g/mol. The van der Waals surface area contributed by atoms with Crippen molar-refractivity contribution in [1.29, 1.82) is 0 Å². The zero-order valence-corrected chi connectivity index (χ0v) is 13.2. The van der Waals surface area contributed by atoms with Crippen LogP contribution in [0.5, 0.6) is 5.75 Å². The summed E-state index contributed by atoms with van der Waals surface area (Å²) < 4.78 is 14.5. The molecule has 1 atom stereocenters. The summed E-state index contributed by atoms with van der Waals surface area (Å²) in [5.41, 5.74) is -0.218. The van der Waals surface area contributed by atoms with Crippen LogP contribution < -0.4 is 0 Å². The Morgan fingerprint density at radius 1 is 1.43 bits per heavy atom. The van der Waals surface area contributed by atoms with Gasteiger partial charge in [-0.3, -0.25) is 0 Å². The van der Waals surface area contributed by atoms with E-state index in [2.05, 4.69) is 0 Å². The molecule has 0 aromatic heterocycles. The maximum absolute atomic E-state index is 14.5. The molecule has 0 aliphatic heterocycles. The molecule has 21 heavy (non-hydrogen) atoms. The molecule has 2 aliphatic rings. The van der Waals surface area contributed by atoms with E-state index >= 15 is 0 Å².